The van der Waals surface area contributed by atoms with Crippen molar-refractivity contribution >= 4 is 28.2 Å². The first-order chi connectivity index (χ1) is 14.2. The summed E-state index contributed by atoms with van der Waals surface area (Å²) in [7, 11) is 0. The Morgan fingerprint density at radius 2 is 1.97 bits per heavy atom. The molecule has 7 nitrogen and oxygen atoms in total. The Morgan fingerprint density at radius 1 is 1.10 bits per heavy atom. The van der Waals surface area contributed by atoms with Crippen molar-refractivity contribution < 1.29 is 4.79 Å². The number of anilines is 2. The highest BCUT2D eigenvalue weighted by Gasteiger charge is 2.28. The summed E-state index contributed by atoms with van der Waals surface area (Å²) in [5.74, 6) is 1.05. The first kappa shape index (κ1) is 17.7. The molecular weight excluding hydrogens is 364 g/mol. The number of benzene rings is 1. The second-order valence-electron chi connectivity index (χ2n) is 7.57. The van der Waals surface area contributed by atoms with Gasteiger partial charge >= 0.3 is 0 Å². The van der Waals surface area contributed by atoms with Crippen molar-refractivity contribution in [1.29, 1.82) is 0 Å². The first-order valence-electron chi connectivity index (χ1n) is 10.0. The fraction of sp³-hybridized carbons (Fsp3) is 0.318. The maximum atomic E-state index is 11.8. The second-order valence-corrected chi connectivity index (χ2v) is 7.57. The van der Waals surface area contributed by atoms with Gasteiger partial charge in [-0.15, -0.1) is 0 Å². The number of pyridine rings is 1. The topological polar surface area (TPSA) is 68.4 Å². The number of piperazine rings is 1. The SMILES string of the molecule is C=CC(=O)N1CCN(c2n[nH]c3c2CCN(c2cccc4ccncc24)C3)CC1. The molecule has 29 heavy (non-hydrogen) atoms. The van der Waals surface area contributed by atoms with Crippen LogP contribution in [0.2, 0.25) is 0 Å². The molecule has 3 aromatic rings. The summed E-state index contributed by atoms with van der Waals surface area (Å²) in [6.07, 6.45) is 6.12. The normalized spacial score (nSPS) is 16.8. The van der Waals surface area contributed by atoms with E-state index in [0.717, 1.165) is 38.4 Å². The molecule has 0 saturated carbocycles. The van der Waals surface area contributed by atoms with Crippen LogP contribution in [0.1, 0.15) is 11.3 Å². The van der Waals surface area contributed by atoms with Gasteiger partial charge in [0.25, 0.3) is 0 Å². The van der Waals surface area contributed by atoms with Crippen LogP contribution in [0.15, 0.2) is 49.3 Å². The predicted molar refractivity (Wildman–Crippen MR) is 114 cm³/mol. The fourth-order valence-corrected chi connectivity index (χ4v) is 4.41. The minimum Gasteiger partial charge on any atom is -0.365 e. The van der Waals surface area contributed by atoms with Gasteiger partial charge in [-0.3, -0.25) is 14.9 Å². The minimum absolute atomic E-state index is 0.00826. The molecule has 2 aromatic heterocycles. The van der Waals surface area contributed by atoms with Crippen molar-refractivity contribution in [3.8, 4) is 0 Å². The fourth-order valence-electron chi connectivity index (χ4n) is 4.41. The highest BCUT2D eigenvalue weighted by atomic mass is 16.2. The molecular formula is C22H24N6O. The Labute approximate surface area is 169 Å². The number of nitrogens with one attached hydrogen (secondary N) is 1. The van der Waals surface area contributed by atoms with Crippen molar-refractivity contribution in [2.24, 2.45) is 0 Å². The summed E-state index contributed by atoms with van der Waals surface area (Å²) < 4.78 is 0. The molecule has 0 bridgehead atoms. The van der Waals surface area contributed by atoms with Crippen molar-refractivity contribution in [2.75, 3.05) is 42.5 Å². The van der Waals surface area contributed by atoms with Gasteiger partial charge in [-0.05, 0) is 30.0 Å². The molecule has 1 fully saturated rings. The number of aromatic nitrogens is 3. The number of amides is 1. The summed E-state index contributed by atoms with van der Waals surface area (Å²) in [5, 5.41) is 10.3. The van der Waals surface area contributed by atoms with E-state index in [1.54, 1.807) is 0 Å². The van der Waals surface area contributed by atoms with Crippen LogP contribution in [0.25, 0.3) is 10.8 Å². The maximum absolute atomic E-state index is 11.8. The van der Waals surface area contributed by atoms with Crippen LogP contribution in [0.3, 0.4) is 0 Å². The standard InChI is InChI=1S/C22H24N6O/c1-2-21(29)26-10-12-27(13-11-26)22-17-7-9-28(15-19(17)24-25-22)20-5-3-4-16-6-8-23-14-18(16)20/h2-6,8,14H,1,7,9-13,15H2,(H,24,25). The van der Waals surface area contributed by atoms with Gasteiger partial charge in [0, 0.05) is 61.8 Å². The first-order valence-corrected chi connectivity index (χ1v) is 10.0. The second kappa shape index (κ2) is 7.24. The quantitative estimate of drug-likeness (QED) is 0.698. The van der Waals surface area contributed by atoms with E-state index < -0.39 is 0 Å². The molecule has 2 aliphatic rings. The van der Waals surface area contributed by atoms with Gasteiger partial charge in [0.05, 0.1) is 12.2 Å². The smallest absolute Gasteiger partial charge is 0.246 e. The Bertz CT molecular complexity index is 1060. The minimum atomic E-state index is 0.00826. The predicted octanol–water partition coefficient (Wildman–Crippen LogP) is 2.36. The molecule has 1 aromatic carbocycles. The summed E-state index contributed by atoms with van der Waals surface area (Å²) in [4.78, 5) is 22.7. The van der Waals surface area contributed by atoms with Gasteiger partial charge in [0.15, 0.2) is 5.82 Å². The van der Waals surface area contributed by atoms with E-state index in [-0.39, 0.29) is 5.91 Å². The average Bonchev–Trinajstić information content (AvgIpc) is 3.21. The molecule has 0 radical (unpaired) electrons. The molecule has 0 unspecified atom stereocenters. The largest absolute Gasteiger partial charge is 0.365 e. The third-order valence-electron chi connectivity index (χ3n) is 5.98. The van der Waals surface area contributed by atoms with E-state index in [9.17, 15) is 4.79 Å². The lowest BCUT2D eigenvalue weighted by molar-refractivity contribution is -0.126. The zero-order valence-corrected chi connectivity index (χ0v) is 16.3. The lowest BCUT2D eigenvalue weighted by Gasteiger charge is -2.36. The number of H-pyrrole nitrogens is 1. The molecule has 1 amide bonds. The third-order valence-corrected chi connectivity index (χ3v) is 5.98. The molecule has 0 aliphatic carbocycles. The van der Waals surface area contributed by atoms with E-state index in [1.807, 2.05) is 17.3 Å². The van der Waals surface area contributed by atoms with Crippen molar-refractivity contribution in [3.63, 3.8) is 0 Å². The van der Waals surface area contributed by atoms with Gasteiger partial charge in [0.2, 0.25) is 5.91 Å². The van der Waals surface area contributed by atoms with Crippen LogP contribution < -0.4 is 9.80 Å². The molecule has 0 atom stereocenters. The van der Waals surface area contributed by atoms with Crippen molar-refractivity contribution in [1.82, 2.24) is 20.1 Å². The summed E-state index contributed by atoms with van der Waals surface area (Å²) in [5.41, 5.74) is 3.70. The highest BCUT2D eigenvalue weighted by Crippen LogP contribution is 2.33. The third kappa shape index (κ3) is 3.12. The molecule has 7 heteroatoms. The molecule has 148 valence electrons. The van der Waals surface area contributed by atoms with E-state index >= 15 is 0 Å². The molecule has 5 rings (SSSR count). The Kier molecular flexibility index (Phi) is 4.42. The van der Waals surface area contributed by atoms with Gasteiger partial charge in [-0.2, -0.15) is 5.10 Å². The molecule has 1 saturated heterocycles. The highest BCUT2D eigenvalue weighted by molar-refractivity contribution is 5.93. The van der Waals surface area contributed by atoms with Gasteiger partial charge in [0.1, 0.15) is 0 Å². The van der Waals surface area contributed by atoms with Crippen LogP contribution in [0.4, 0.5) is 11.5 Å². The van der Waals surface area contributed by atoms with E-state index in [1.165, 1.54) is 33.8 Å². The number of carbonyl (C=O) groups excluding carboxylic acids is 1. The number of carbonyl (C=O) groups is 1. The molecule has 2 aliphatic heterocycles. The van der Waals surface area contributed by atoms with Crippen molar-refractivity contribution in [3.05, 3.63) is 60.6 Å². The van der Waals surface area contributed by atoms with Gasteiger partial charge in [-0.25, -0.2) is 0 Å². The number of fused-ring (bicyclic) bond motifs is 2. The lowest BCUT2D eigenvalue weighted by Crippen LogP contribution is -2.48. The number of nitrogens with zero attached hydrogens (tertiary/aromatic N) is 5. The van der Waals surface area contributed by atoms with Gasteiger partial charge < -0.3 is 14.7 Å². The van der Waals surface area contributed by atoms with E-state index in [2.05, 4.69) is 55.8 Å². The van der Waals surface area contributed by atoms with Gasteiger partial charge in [-0.1, -0.05) is 18.7 Å². The van der Waals surface area contributed by atoms with E-state index in [4.69, 9.17) is 0 Å². The monoisotopic (exact) mass is 388 g/mol. The maximum Gasteiger partial charge on any atom is 0.246 e. The Balaban J connectivity index is 1.35. The number of aromatic amines is 1. The Hall–Kier alpha value is -3.35. The summed E-state index contributed by atoms with van der Waals surface area (Å²) in [6.45, 7) is 8.36. The van der Waals surface area contributed by atoms with Crippen LogP contribution in [-0.4, -0.2) is 58.7 Å². The lowest BCUT2D eigenvalue weighted by atomic mass is 10.0. The average molecular weight is 388 g/mol. The number of rotatable bonds is 3. The summed E-state index contributed by atoms with van der Waals surface area (Å²) in [6, 6.07) is 8.46. The van der Waals surface area contributed by atoms with Crippen LogP contribution in [0.5, 0.6) is 0 Å². The van der Waals surface area contributed by atoms with Crippen LogP contribution in [0, 0.1) is 0 Å². The van der Waals surface area contributed by atoms with Crippen molar-refractivity contribution in [2.45, 2.75) is 13.0 Å². The summed E-state index contributed by atoms with van der Waals surface area (Å²) >= 11 is 0. The molecule has 0 spiro atoms. The molecule has 1 N–H and O–H groups in total. The van der Waals surface area contributed by atoms with E-state index in [0.29, 0.717) is 13.1 Å². The zero-order valence-electron chi connectivity index (χ0n) is 16.3. The molecule has 4 heterocycles. The van der Waals surface area contributed by atoms with Crippen LogP contribution in [-0.2, 0) is 17.8 Å². The number of hydrogen-bond donors (Lipinski definition) is 1. The van der Waals surface area contributed by atoms with Crippen LogP contribution >= 0.6 is 0 Å². The Morgan fingerprint density at radius 3 is 2.79 bits per heavy atom. The zero-order chi connectivity index (χ0) is 19.8. The number of hydrogen-bond acceptors (Lipinski definition) is 5.